The Kier molecular flexibility index (Phi) is 2.38. The first-order chi connectivity index (χ1) is 5.11. The van der Waals surface area contributed by atoms with Gasteiger partial charge in [-0.25, -0.2) is 0 Å². The lowest BCUT2D eigenvalue weighted by atomic mass is 10.2. The number of carbonyl (C=O) groups excluding carboxylic acids is 2. The van der Waals surface area contributed by atoms with Crippen LogP contribution in [0.3, 0.4) is 0 Å². The fraction of sp³-hybridized carbons (Fsp3) is 0.667. The summed E-state index contributed by atoms with van der Waals surface area (Å²) in [7, 11) is 0. The summed E-state index contributed by atoms with van der Waals surface area (Å²) < 4.78 is 0. The molecule has 2 atom stereocenters. The zero-order valence-corrected chi connectivity index (χ0v) is 6.43. The van der Waals surface area contributed by atoms with E-state index in [2.05, 4.69) is 0 Å². The largest absolute Gasteiger partial charge is 0.549 e. The van der Waals surface area contributed by atoms with Gasteiger partial charge in [-0.1, -0.05) is 0 Å². The van der Waals surface area contributed by atoms with E-state index in [4.69, 9.17) is 0 Å². The van der Waals surface area contributed by atoms with Crippen molar-refractivity contribution in [3.05, 3.63) is 0 Å². The maximum Gasteiger partial charge on any atom is 0.0544 e. The molecule has 4 nitrogen and oxygen atoms in total. The first-order valence-electron chi connectivity index (χ1n) is 3.18. The van der Waals surface area contributed by atoms with E-state index in [-0.39, 0.29) is 0 Å². The molecule has 0 bridgehead atoms. The molecule has 62 valence electrons. The Morgan fingerprint density at radius 2 is 1.45 bits per heavy atom. The summed E-state index contributed by atoms with van der Waals surface area (Å²) in [6.07, 6.45) is 0.733. The predicted octanol–water partition coefficient (Wildman–Crippen LogP) is -2.25. The fourth-order valence-corrected chi connectivity index (χ4v) is 2.15. The summed E-state index contributed by atoms with van der Waals surface area (Å²) in [6.45, 7) is 0. The van der Waals surface area contributed by atoms with Crippen LogP contribution in [0.15, 0.2) is 0 Å². The van der Waals surface area contributed by atoms with Gasteiger partial charge in [-0.05, 0) is 12.8 Å². The minimum Gasteiger partial charge on any atom is -0.549 e. The van der Waals surface area contributed by atoms with E-state index in [0.29, 0.717) is 12.8 Å². The Hall–Kier alpha value is -0.710. The maximum absolute atomic E-state index is 10.2. The summed E-state index contributed by atoms with van der Waals surface area (Å²) in [5, 5.41) is 19.1. The van der Waals surface area contributed by atoms with Gasteiger partial charge < -0.3 is 19.8 Å². The Morgan fingerprint density at radius 1 is 1.09 bits per heavy atom. The van der Waals surface area contributed by atoms with Crippen LogP contribution in [0, 0.1) is 0 Å². The molecule has 0 saturated carbocycles. The molecule has 0 N–H and O–H groups in total. The lowest BCUT2D eigenvalue weighted by molar-refractivity contribution is -0.306. The molecule has 1 aliphatic heterocycles. The van der Waals surface area contributed by atoms with Crippen molar-refractivity contribution in [1.29, 1.82) is 0 Å². The van der Waals surface area contributed by atoms with Crippen LogP contribution in [0.2, 0.25) is 0 Å². The van der Waals surface area contributed by atoms with Crippen LogP contribution >= 0.6 is 11.8 Å². The Bertz CT molecular complexity index is 171. The molecule has 1 rings (SSSR count). The summed E-state index contributed by atoms with van der Waals surface area (Å²) in [4.78, 5) is 20.4. The lowest BCUT2D eigenvalue weighted by Gasteiger charge is -2.12. The number of rotatable bonds is 2. The van der Waals surface area contributed by atoms with Gasteiger partial charge in [0, 0.05) is 10.5 Å². The zero-order valence-electron chi connectivity index (χ0n) is 5.61. The van der Waals surface area contributed by atoms with E-state index in [1.165, 1.54) is 0 Å². The van der Waals surface area contributed by atoms with Crippen LogP contribution in [0.4, 0.5) is 0 Å². The summed E-state index contributed by atoms with van der Waals surface area (Å²) >= 11 is 0.903. The highest BCUT2D eigenvalue weighted by Crippen LogP contribution is 2.32. The van der Waals surface area contributed by atoms with E-state index in [1.54, 1.807) is 0 Å². The van der Waals surface area contributed by atoms with Crippen LogP contribution in [-0.4, -0.2) is 22.4 Å². The molecule has 1 fully saturated rings. The molecule has 0 aromatic carbocycles. The SMILES string of the molecule is O=C([O-])C1CCC(C(=O)[O-])S1. The van der Waals surface area contributed by atoms with Gasteiger partial charge in [-0.3, -0.25) is 0 Å². The topological polar surface area (TPSA) is 80.3 Å². The minimum absolute atomic E-state index is 0.367. The first-order valence-corrected chi connectivity index (χ1v) is 4.12. The highest BCUT2D eigenvalue weighted by molar-refractivity contribution is 8.02. The van der Waals surface area contributed by atoms with Crippen molar-refractivity contribution in [1.82, 2.24) is 0 Å². The molecule has 0 amide bonds. The molecule has 1 heterocycles. The van der Waals surface area contributed by atoms with Crippen molar-refractivity contribution in [2.75, 3.05) is 0 Å². The van der Waals surface area contributed by atoms with E-state index in [1.807, 2.05) is 0 Å². The zero-order chi connectivity index (χ0) is 8.43. The van der Waals surface area contributed by atoms with Gasteiger partial charge in [0.25, 0.3) is 0 Å². The molecular formula is C6H6O4S-2. The number of hydrogen-bond acceptors (Lipinski definition) is 5. The average molecular weight is 174 g/mol. The highest BCUT2D eigenvalue weighted by Gasteiger charge is 2.26. The summed E-state index contributed by atoms with van der Waals surface area (Å²) in [6, 6.07) is 0. The number of carboxylic acids is 2. The predicted molar refractivity (Wildman–Crippen MR) is 34.4 cm³/mol. The average Bonchev–Trinajstić information content (AvgIpc) is 2.33. The lowest BCUT2D eigenvalue weighted by Crippen LogP contribution is -2.34. The van der Waals surface area contributed by atoms with E-state index in [9.17, 15) is 19.8 Å². The summed E-state index contributed by atoms with van der Waals surface area (Å²) in [5.74, 6) is -2.36. The van der Waals surface area contributed by atoms with Crippen molar-refractivity contribution >= 4 is 23.7 Å². The molecule has 1 saturated heterocycles. The third-order valence-electron chi connectivity index (χ3n) is 1.55. The van der Waals surface area contributed by atoms with Crippen LogP contribution in [-0.2, 0) is 9.59 Å². The van der Waals surface area contributed by atoms with Crippen molar-refractivity contribution in [3.63, 3.8) is 0 Å². The molecule has 0 spiro atoms. The van der Waals surface area contributed by atoms with E-state index in [0.717, 1.165) is 11.8 Å². The molecule has 0 aromatic rings. The smallest absolute Gasteiger partial charge is 0.0544 e. The number of thioether (sulfide) groups is 1. The van der Waals surface area contributed by atoms with E-state index >= 15 is 0 Å². The van der Waals surface area contributed by atoms with Crippen LogP contribution in [0.1, 0.15) is 12.8 Å². The van der Waals surface area contributed by atoms with Crippen LogP contribution in [0.5, 0.6) is 0 Å². The van der Waals surface area contributed by atoms with Crippen molar-refractivity contribution in [2.45, 2.75) is 23.3 Å². The number of carboxylic acid groups (broad SMARTS) is 2. The number of aliphatic carboxylic acids is 2. The maximum atomic E-state index is 10.2. The molecule has 1 aliphatic rings. The van der Waals surface area contributed by atoms with Crippen LogP contribution < -0.4 is 10.2 Å². The van der Waals surface area contributed by atoms with Crippen molar-refractivity contribution < 1.29 is 19.8 Å². The van der Waals surface area contributed by atoms with Gasteiger partial charge in [-0.15, -0.1) is 11.8 Å². The molecule has 0 aliphatic carbocycles. The normalized spacial score (nSPS) is 30.2. The Morgan fingerprint density at radius 3 is 1.64 bits per heavy atom. The second-order valence-corrected chi connectivity index (χ2v) is 3.74. The third-order valence-corrected chi connectivity index (χ3v) is 3.06. The van der Waals surface area contributed by atoms with Gasteiger partial charge >= 0.3 is 0 Å². The monoisotopic (exact) mass is 174 g/mol. The molecule has 0 radical (unpaired) electrons. The quantitative estimate of drug-likeness (QED) is 0.472. The van der Waals surface area contributed by atoms with Gasteiger partial charge in [-0.2, -0.15) is 0 Å². The molecule has 2 unspecified atom stereocenters. The third kappa shape index (κ3) is 1.86. The fourth-order valence-electron chi connectivity index (χ4n) is 0.984. The van der Waals surface area contributed by atoms with Crippen molar-refractivity contribution in [3.8, 4) is 0 Å². The van der Waals surface area contributed by atoms with Gasteiger partial charge in [0.05, 0.1) is 11.9 Å². The van der Waals surface area contributed by atoms with Crippen molar-refractivity contribution in [2.24, 2.45) is 0 Å². The number of hydrogen-bond donors (Lipinski definition) is 0. The van der Waals surface area contributed by atoms with Crippen LogP contribution in [0.25, 0.3) is 0 Å². The van der Waals surface area contributed by atoms with Gasteiger partial charge in [0.2, 0.25) is 0 Å². The molecular weight excluding hydrogens is 168 g/mol. The minimum atomic E-state index is -1.18. The molecule has 5 heteroatoms. The second kappa shape index (κ2) is 3.13. The van der Waals surface area contributed by atoms with Gasteiger partial charge in [0.15, 0.2) is 0 Å². The standard InChI is InChI=1S/C6H8O4S/c7-5(8)3-1-2-4(11-3)6(9)10/h3-4H,1-2H2,(H,7,8)(H,9,10)/p-2. The Labute approximate surface area is 67.6 Å². The molecule has 11 heavy (non-hydrogen) atoms. The first kappa shape index (κ1) is 8.39. The number of carbonyl (C=O) groups is 2. The Balaban J connectivity index is 2.47. The summed E-state index contributed by atoms with van der Waals surface area (Å²) in [5.41, 5.74) is 0. The molecule has 0 aromatic heterocycles. The van der Waals surface area contributed by atoms with Gasteiger partial charge in [0.1, 0.15) is 0 Å². The highest BCUT2D eigenvalue weighted by atomic mass is 32.2. The van der Waals surface area contributed by atoms with E-state index < -0.39 is 22.4 Å². The second-order valence-electron chi connectivity index (χ2n) is 2.33.